The van der Waals surface area contributed by atoms with Crippen LogP contribution in [0.1, 0.15) is 39.2 Å². The minimum atomic E-state index is -0.946. The molecule has 2 atom stereocenters. The summed E-state index contributed by atoms with van der Waals surface area (Å²) in [6.07, 6.45) is -0.215. The van der Waals surface area contributed by atoms with E-state index >= 15 is 0 Å². The molecule has 0 radical (unpaired) electrons. The number of rotatable bonds is 3. The maximum atomic E-state index is 12.8. The smallest absolute Gasteiger partial charge is 0.410 e. The van der Waals surface area contributed by atoms with E-state index in [0.717, 1.165) is 5.56 Å². The van der Waals surface area contributed by atoms with Crippen molar-refractivity contribution in [2.24, 2.45) is 5.92 Å². The van der Waals surface area contributed by atoms with Gasteiger partial charge in [-0.15, -0.1) is 0 Å². The maximum Gasteiger partial charge on any atom is 0.410 e. The van der Waals surface area contributed by atoms with E-state index < -0.39 is 35.2 Å². The summed E-state index contributed by atoms with van der Waals surface area (Å²) >= 11 is 0. The van der Waals surface area contributed by atoms with Gasteiger partial charge in [0.15, 0.2) is 0 Å². The number of benzene rings is 1. The number of nitrogens with zero attached hydrogens (tertiary/aromatic N) is 2. The molecule has 1 aromatic rings. The molecule has 29 heavy (non-hydrogen) atoms. The summed E-state index contributed by atoms with van der Waals surface area (Å²) in [5.74, 6) is -1.63. The highest BCUT2D eigenvalue weighted by molar-refractivity contribution is 5.76. The van der Waals surface area contributed by atoms with E-state index in [1.165, 1.54) is 4.90 Å². The summed E-state index contributed by atoms with van der Waals surface area (Å²) in [6, 6.07) is 9.30. The Hall–Kier alpha value is -2.77. The van der Waals surface area contributed by atoms with Gasteiger partial charge in [-0.2, -0.15) is 0 Å². The monoisotopic (exact) mass is 404 g/mol. The predicted octanol–water partition coefficient (Wildman–Crippen LogP) is 3.11. The molecule has 2 heterocycles. The van der Waals surface area contributed by atoms with E-state index in [-0.39, 0.29) is 19.7 Å². The molecule has 2 aliphatic rings. The topological polar surface area (TPSA) is 96.4 Å². The third kappa shape index (κ3) is 4.81. The molecule has 1 N–H and O–H groups in total. The van der Waals surface area contributed by atoms with Gasteiger partial charge in [0, 0.05) is 19.6 Å². The van der Waals surface area contributed by atoms with Crippen molar-refractivity contribution in [2.75, 3.05) is 19.6 Å². The molecule has 8 heteroatoms. The normalized spacial score (nSPS) is 24.0. The summed E-state index contributed by atoms with van der Waals surface area (Å²) in [4.78, 5) is 39.9. The lowest BCUT2D eigenvalue weighted by Gasteiger charge is -2.34. The zero-order chi connectivity index (χ0) is 21.2. The van der Waals surface area contributed by atoms with E-state index in [1.807, 2.05) is 30.3 Å². The van der Waals surface area contributed by atoms with Gasteiger partial charge in [-0.3, -0.25) is 9.69 Å². The van der Waals surface area contributed by atoms with Gasteiger partial charge in [-0.1, -0.05) is 30.3 Å². The van der Waals surface area contributed by atoms with E-state index in [0.29, 0.717) is 19.4 Å². The molecule has 0 saturated carbocycles. The molecule has 3 rings (SSSR count). The number of hydrogen-bond donors (Lipinski definition) is 1. The highest BCUT2D eigenvalue weighted by atomic mass is 16.6. The lowest BCUT2D eigenvalue weighted by Crippen LogP contribution is -2.50. The molecule has 2 fully saturated rings. The standard InChI is InChI=1S/C21H28N2O6/c1-20(2,3)29-18(26)22-10-9-21(14-22)11-16(17(24)25)12-23(21)19(27)28-13-15-7-5-4-6-8-15/h4-8,16H,9-14H2,1-3H3,(H,24,25). The first-order valence-electron chi connectivity index (χ1n) is 9.79. The molecular formula is C21H28N2O6. The van der Waals surface area contributed by atoms with Crippen LogP contribution in [-0.4, -0.2) is 63.8 Å². The number of aliphatic carboxylic acids is 1. The van der Waals surface area contributed by atoms with Crippen LogP contribution < -0.4 is 0 Å². The second kappa shape index (κ2) is 7.93. The largest absolute Gasteiger partial charge is 0.481 e. The molecule has 1 spiro atoms. The Morgan fingerprint density at radius 2 is 1.86 bits per heavy atom. The first-order valence-corrected chi connectivity index (χ1v) is 9.79. The van der Waals surface area contributed by atoms with Crippen molar-refractivity contribution >= 4 is 18.2 Å². The second-order valence-corrected chi connectivity index (χ2v) is 8.77. The zero-order valence-corrected chi connectivity index (χ0v) is 17.1. The Balaban J connectivity index is 1.72. The van der Waals surface area contributed by atoms with Crippen molar-refractivity contribution in [1.82, 2.24) is 9.80 Å². The number of carboxylic acids is 1. The highest BCUT2D eigenvalue weighted by Gasteiger charge is 2.55. The summed E-state index contributed by atoms with van der Waals surface area (Å²) in [7, 11) is 0. The third-order valence-corrected chi connectivity index (χ3v) is 5.36. The fourth-order valence-corrected chi connectivity index (χ4v) is 4.00. The lowest BCUT2D eigenvalue weighted by molar-refractivity contribution is -0.141. The van der Waals surface area contributed by atoms with Gasteiger partial charge in [0.05, 0.1) is 11.5 Å². The van der Waals surface area contributed by atoms with Gasteiger partial charge in [-0.05, 0) is 39.2 Å². The third-order valence-electron chi connectivity index (χ3n) is 5.36. The minimum absolute atomic E-state index is 0.0745. The number of likely N-dealkylation sites (tertiary alicyclic amines) is 2. The quantitative estimate of drug-likeness (QED) is 0.832. The first-order chi connectivity index (χ1) is 13.6. The number of carboxylic acid groups (broad SMARTS) is 1. The molecule has 2 saturated heterocycles. The van der Waals surface area contributed by atoms with E-state index in [2.05, 4.69) is 0 Å². The van der Waals surface area contributed by atoms with Crippen molar-refractivity contribution in [3.8, 4) is 0 Å². The van der Waals surface area contributed by atoms with E-state index in [9.17, 15) is 19.5 Å². The Kier molecular flexibility index (Phi) is 5.73. The molecule has 0 bridgehead atoms. The van der Waals surface area contributed by atoms with Crippen LogP contribution >= 0.6 is 0 Å². The number of carbonyl (C=O) groups is 3. The summed E-state index contributed by atoms with van der Waals surface area (Å²) in [6.45, 7) is 6.21. The first kappa shape index (κ1) is 21.0. The summed E-state index contributed by atoms with van der Waals surface area (Å²) in [5.41, 5.74) is -0.514. The molecule has 2 aliphatic heterocycles. The van der Waals surface area contributed by atoms with Crippen LogP contribution in [0.15, 0.2) is 30.3 Å². The van der Waals surface area contributed by atoms with Crippen molar-refractivity contribution in [1.29, 1.82) is 0 Å². The molecule has 2 unspecified atom stereocenters. The van der Waals surface area contributed by atoms with Gasteiger partial charge in [0.25, 0.3) is 0 Å². The van der Waals surface area contributed by atoms with Crippen LogP contribution in [-0.2, 0) is 20.9 Å². The van der Waals surface area contributed by atoms with Gasteiger partial charge in [0.2, 0.25) is 0 Å². The molecule has 8 nitrogen and oxygen atoms in total. The number of ether oxygens (including phenoxy) is 2. The zero-order valence-electron chi connectivity index (χ0n) is 17.1. The van der Waals surface area contributed by atoms with Crippen LogP contribution in [0.25, 0.3) is 0 Å². The van der Waals surface area contributed by atoms with Crippen LogP contribution in [0.3, 0.4) is 0 Å². The number of hydrogen-bond acceptors (Lipinski definition) is 5. The van der Waals surface area contributed by atoms with Gasteiger partial charge in [-0.25, -0.2) is 9.59 Å². The van der Waals surface area contributed by atoms with Crippen molar-refractivity contribution in [3.05, 3.63) is 35.9 Å². The molecule has 158 valence electrons. The van der Waals surface area contributed by atoms with E-state index in [1.54, 1.807) is 25.7 Å². The van der Waals surface area contributed by atoms with Gasteiger partial charge < -0.3 is 19.5 Å². The maximum absolute atomic E-state index is 12.8. The van der Waals surface area contributed by atoms with Gasteiger partial charge in [0.1, 0.15) is 12.2 Å². The second-order valence-electron chi connectivity index (χ2n) is 8.77. The van der Waals surface area contributed by atoms with Gasteiger partial charge >= 0.3 is 18.2 Å². The summed E-state index contributed by atoms with van der Waals surface area (Å²) < 4.78 is 10.9. The molecule has 1 aromatic carbocycles. The fraction of sp³-hybridized carbons (Fsp3) is 0.571. The van der Waals surface area contributed by atoms with E-state index in [4.69, 9.17) is 9.47 Å². The Morgan fingerprint density at radius 1 is 1.17 bits per heavy atom. The Morgan fingerprint density at radius 3 is 2.48 bits per heavy atom. The highest BCUT2D eigenvalue weighted by Crippen LogP contribution is 2.41. The fourth-order valence-electron chi connectivity index (χ4n) is 4.00. The number of carbonyl (C=O) groups excluding carboxylic acids is 2. The molecule has 0 aromatic heterocycles. The average molecular weight is 404 g/mol. The SMILES string of the molecule is CC(C)(C)OC(=O)N1CCC2(CC(C(=O)O)CN2C(=O)OCc2ccccc2)C1. The van der Waals surface area contributed by atoms with Crippen molar-refractivity contribution in [3.63, 3.8) is 0 Å². The minimum Gasteiger partial charge on any atom is -0.481 e. The molecule has 0 aliphatic carbocycles. The van der Waals surface area contributed by atoms with Crippen molar-refractivity contribution < 1.29 is 29.0 Å². The van der Waals surface area contributed by atoms with Crippen LogP contribution in [0, 0.1) is 5.92 Å². The van der Waals surface area contributed by atoms with Crippen LogP contribution in [0.2, 0.25) is 0 Å². The lowest BCUT2D eigenvalue weighted by atomic mass is 9.91. The Labute approximate surface area is 170 Å². The molecule has 2 amide bonds. The molecular weight excluding hydrogens is 376 g/mol. The number of amides is 2. The van der Waals surface area contributed by atoms with Crippen LogP contribution in [0.4, 0.5) is 9.59 Å². The predicted molar refractivity (Wildman–Crippen MR) is 104 cm³/mol. The average Bonchev–Trinajstić information content (AvgIpc) is 3.24. The van der Waals surface area contributed by atoms with Crippen molar-refractivity contribution in [2.45, 2.75) is 51.4 Å². The Bertz CT molecular complexity index is 775. The summed E-state index contributed by atoms with van der Waals surface area (Å²) in [5, 5.41) is 9.51. The van der Waals surface area contributed by atoms with Crippen LogP contribution in [0.5, 0.6) is 0 Å².